The topological polar surface area (TPSA) is 3.24 Å². The van der Waals surface area contributed by atoms with Crippen molar-refractivity contribution in [1.82, 2.24) is 4.90 Å². The first-order valence-electron chi connectivity index (χ1n) is 4.73. The number of halogens is 1. The summed E-state index contributed by atoms with van der Waals surface area (Å²) in [6.45, 7) is 1.12. The van der Waals surface area contributed by atoms with E-state index in [2.05, 4.69) is 4.90 Å². The second kappa shape index (κ2) is 3.32. The Kier molecular flexibility index (Phi) is 2.38. The number of hydrogen-bond donors (Lipinski definition) is 0. The van der Waals surface area contributed by atoms with Crippen molar-refractivity contribution in [2.24, 2.45) is 0 Å². The molecule has 0 amide bonds. The Labute approximate surface area is 73.7 Å². The molecule has 2 aliphatic heterocycles. The van der Waals surface area contributed by atoms with Gasteiger partial charge in [-0.2, -0.15) is 0 Å². The molecule has 0 spiro atoms. The highest BCUT2D eigenvalue weighted by Crippen LogP contribution is 2.34. The summed E-state index contributed by atoms with van der Waals surface area (Å²) in [5.74, 6) is 0.812. The van der Waals surface area contributed by atoms with E-state index in [1.54, 1.807) is 0 Å². The summed E-state index contributed by atoms with van der Waals surface area (Å²) in [6.07, 6.45) is 7.16. The third-order valence-electron chi connectivity index (χ3n) is 3.19. The van der Waals surface area contributed by atoms with Gasteiger partial charge in [0.05, 0.1) is 0 Å². The van der Waals surface area contributed by atoms with Gasteiger partial charge >= 0.3 is 0 Å². The third-order valence-corrected chi connectivity index (χ3v) is 3.36. The Balaban J connectivity index is 1.97. The van der Waals surface area contributed by atoms with Crippen LogP contribution in [-0.4, -0.2) is 29.4 Å². The van der Waals surface area contributed by atoms with Gasteiger partial charge in [0.15, 0.2) is 0 Å². The summed E-state index contributed by atoms with van der Waals surface area (Å²) in [5, 5.41) is 0. The Morgan fingerprint density at radius 3 is 2.27 bits per heavy atom. The van der Waals surface area contributed by atoms with Crippen molar-refractivity contribution in [2.45, 2.75) is 44.2 Å². The third kappa shape index (κ3) is 1.41. The summed E-state index contributed by atoms with van der Waals surface area (Å²) in [4.78, 5) is 2.64. The van der Waals surface area contributed by atoms with Crippen LogP contribution in [0.4, 0.5) is 0 Å². The molecule has 2 bridgehead atoms. The SMILES string of the molecule is ClCCN1C2CCCC1CC2. The van der Waals surface area contributed by atoms with Gasteiger partial charge in [0.2, 0.25) is 0 Å². The molecule has 0 aliphatic carbocycles. The van der Waals surface area contributed by atoms with Crippen molar-refractivity contribution in [2.75, 3.05) is 12.4 Å². The molecule has 2 heterocycles. The second-order valence-corrected chi connectivity index (χ2v) is 4.12. The first-order valence-corrected chi connectivity index (χ1v) is 5.27. The van der Waals surface area contributed by atoms with Crippen molar-refractivity contribution in [3.05, 3.63) is 0 Å². The van der Waals surface area contributed by atoms with Gasteiger partial charge in [0, 0.05) is 24.5 Å². The zero-order valence-electron chi connectivity index (χ0n) is 6.93. The van der Waals surface area contributed by atoms with Crippen LogP contribution in [0.3, 0.4) is 0 Å². The predicted octanol–water partition coefficient (Wildman–Crippen LogP) is 2.24. The fourth-order valence-electron chi connectivity index (χ4n) is 2.69. The lowest BCUT2D eigenvalue weighted by atomic mass is 10.0. The molecule has 0 saturated carbocycles. The number of alkyl halides is 1. The van der Waals surface area contributed by atoms with Crippen LogP contribution in [0.25, 0.3) is 0 Å². The highest BCUT2D eigenvalue weighted by Gasteiger charge is 2.35. The molecule has 2 heteroatoms. The number of hydrogen-bond acceptors (Lipinski definition) is 1. The molecular weight excluding hydrogens is 158 g/mol. The molecule has 64 valence electrons. The summed E-state index contributed by atoms with van der Waals surface area (Å²) in [5.41, 5.74) is 0. The lowest BCUT2D eigenvalue weighted by molar-refractivity contribution is 0.150. The van der Waals surface area contributed by atoms with Gasteiger partial charge in [-0.25, -0.2) is 0 Å². The van der Waals surface area contributed by atoms with Crippen molar-refractivity contribution in [3.8, 4) is 0 Å². The molecule has 1 nitrogen and oxygen atoms in total. The van der Waals surface area contributed by atoms with Gasteiger partial charge in [-0.1, -0.05) is 6.42 Å². The van der Waals surface area contributed by atoms with Crippen molar-refractivity contribution >= 4 is 11.6 Å². The van der Waals surface area contributed by atoms with Gasteiger partial charge in [0.1, 0.15) is 0 Å². The minimum Gasteiger partial charge on any atom is -0.296 e. The maximum absolute atomic E-state index is 5.75. The van der Waals surface area contributed by atoms with E-state index in [9.17, 15) is 0 Å². The van der Waals surface area contributed by atoms with Crippen LogP contribution in [0.2, 0.25) is 0 Å². The maximum atomic E-state index is 5.75. The van der Waals surface area contributed by atoms with Crippen LogP contribution >= 0.6 is 11.6 Å². The number of rotatable bonds is 2. The second-order valence-electron chi connectivity index (χ2n) is 3.74. The Morgan fingerprint density at radius 1 is 1.09 bits per heavy atom. The Bertz CT molecular complexity index is 122. The monoisotopic (exact) mass is 173 g/mol. The van der Waals surface area contributed by atoms with Crippen LogP contribution in [-0.2, 0) is 0 Å². The molecule has 0 aromatic carbocycles. The van der Waals surface area contributed by atoms with Gasteiger partial charge in [-0.05, 0) is 25.7 Å². The Morgan fingerprint density at radius 2 is 1.73 bits per heavy atom. The molecule has 11 heavy (non-hydrogen) atoms. The zero-order chi connectivity index (χ0) is 7.68. The average molecular weight is 174 g/mol. The number of nitrogens with zero attached hydrogens (tertiary/aromatic N) is 1. The van der Waals surface area contributed by atoms with Gasteiger partial charge in [0.25, 0.3) is 0 Å². The van der Waals surface area contributed by atoms with Crippen molar-refractivity contribution < 1.29 is 0 Å². The molecule has 0 radical (unpaired) electrons. The lowest BCUT2D eigenvalue weighted by Gasteiger charge is -2.33. The number of fused-ring (bicyclic) bond motifs is 2. The highest BCUT2D eigenvalue weighted by atomic mass is 35.5. The van der Waals surface area contributed by atoms with Gasteiger partial charge in [-0.15, -0.1) is 11.6 Å². The van der Waals surface area contributed by atoms with Crippen LogP contribution < -0.4 is 0 Å². The largest absolute Gasteiger partial charge is 0.296 e. The van der Waals surface area contributed by atoms with E-state index in [0.29, 0.717) is 0 Å². The van der Waals surface area contributed by atoms with Crippen molar-refractivity contribution in [3.63, 3.8) is 0 Å². The van der Waals surface area contributed by atoms with Gasteiger partial charge < -0.3 is 0 Å². The predicted molar refractivity (Wildman–Crippen MR) is 48.1 cm³/mol. The normalized spacial score (nSPS) is 37.9. The summed E-state index contributed by atoms with van der Waals surface area (Å²) >= 11 is 5.75. The molecule has 2 atom stereocenters. The standard InChI is InChI=1S/C9H16ClN/c10-6-7-11-8-2-1-3-9(11)5-4-8/h8-9H,1-7H2. The molecule has 0 N–H and O–H groups in total. The van der Waals surface area contributed by atoms with E-state index < -0.39 is 0 Å². The molecular formula is C9H16ClN. The zero-order valence-corrected chi connectivity index (χ0v) is 7.69. The van der Waals surface area contributed by atoms with Crippen LogP contribution in [0.1, 0.15) is 32.1 Å². The molecule has 2 fully saturated rings. The van der Waals surface area contributed by atoms with Gasteiger partial charge in [-0.3, -0.25) is 4.90 Å². The molecule has 2 unspecified atom stereocenters. The fourth-order valence-corrected chi connectivity index (χ4v) is 2.88. The van der Waals surface area contributed by atoms with E-state index >= 15 is 0 Å². The van der Waals surface area contributed by atoms with E-state index in [1.807, 2.05) is 0 Å². The van der Waals surface area contributed by atoms with Crippen LogP contribution in [0, 0.1) is 0 Å². The van der Waals surface area contributed by atoms with E-state index in [-0.39, 0.29) is 0 Å². The molecule has 0 aromatic rings. The molecule has 2 saturated heterocycles. The molecule has 0 aromatic heterocycles. The smallest absolute Gasteiger partial charge is 0.0351 e. The van der Waals surface area contributed by atoms with Crippen molar-refractivity contribution in [1.29, 1.82) is 0 Å². The fraction of sp³-hybridized carbons (Fsp3) is 1.00. The summed E-state index contributed by atoms with van der Waals surface area (Å²) in [7, 11) is 0. The van der Waals surface area contributed by atoms with E-state index in [1.165, 1.54) is 32.1 Å². The van der Waals surface area contributed by atoms with E-state index in [0.717, 1.165) is 24.5 Å². The lowest BCUT2D eigenvalue weighted by Crippen LogP contribution is -2.40. The van der Waals surface area contributed by atoms with Crippen LogP contribution in [0.5, 0.6) is 0 Å². The first-order chi connectivity index (χ1) is 5.42. The average Bonchev–Trinajstić information content (AvgIpc) is 2.30. The quantitative estimate of drug-likeness (QED) is 0.579. The van der Waals surface area contributed by atoms with E-state index in [4.69, 9.17) is 11.6 Å². The minimum absolute atomic E-state index is 0.812. The minimum atomic E-state index is 0.812. The highest BCUT2D eigenvalue weighted by molar-refractivity contribution is 6.18. The summed E-state index contributed by atoms with van der Waals surface area (Å²) in [6, 6.07) is 1.79. The number of piperidine rings is 1. The molecule has 2 aliphatic rings. The van der Waals surface area contributed by atoms with Crippen LogP contribution in [0.15, 0.2) is 0 Å². The first kappa shape index (κ1) is 7.88. The molecule has 2 rings (SSSR count). The Hall–Kier alpha value is 0.250. The maximum Gasteiger partial charge on any atom is 0.0351 e. The summed E-state index contributed by atoms with van der Waals surface area (Å²) < 4.78 is 0.